The van der Waals surface area contributed by atoms with Crippen molar-refractivity contribution in [2.24, 2.45) is 5.92 Å². The Kier molecular flexibility index (Phi) is 6.29. The lowest BCUT2D eigenvalue weighted by Gasteiger charge is -2.10. The molecule has 0 aliphatic heterocycles. The van der Waals surface area contributed by atoms with Gasteiger partial charge in [-0.3, -0.25) is 9.59 Å². The zero-order valence-corrected chi connectivity index (χ0v) is 13.8. The number of thiazole rings is 1. The van der Waals surface area contributed by atoms with Gasteiger partial charge in [0.1, 0.15) is 0 Å². The molecule has 1 atom stereocenters. The number of nitrogens with zero attached hydrogens (tertiary/aromatic N) is 1. The first kappa shape index (κ1) is 17.1. The van der Waals surface area contributed by atoms with Crippen LogP contribution in [0, 0.1) is 5.92 Å². The van der Waals surface area contributed by atoms with Crippen LogP contribution in [-0.2, 0) is 9.59 Å². The normalized spacial score (nSPS) is 11.9. The van der Waals surface area contributed by atoms with Crippen LogP contribution in [0.4, 0.5) is 5.13 Å². The molecular formula is C17H20N2O3S. The summed E-state index contributed by atoms with van der Waals surface area (Å²) in [6.45, 7) is 1.94. The average molecular weight is 332 g/mol. The number of carboxylic acids is 1. The Hall–Kier alpha value is -2.21. The van der Waals surface area contributed by atoms with Gasteiger partial charge in [-0.15, -0.1) is 11.3 Å². The third-order valence-electron chi connectivity index (χ3n) is 3.53. The monoisotopic (exact) mass is 332 g/mol. The number of hydrogen-bond donors (Lipinski definition) is 2. The number of rotatable bonds is 8. The molecule has 2 N–H and O–H groups in total. The zero-order chi connectivity index (χ0) is 16.7. The summed E-state index contributed by atoms with van der Waals surface area (Å²) >= 11 is 1.36. The van der Waals surface area contributed by atoms with Gasteiger partial charge in [-0.05, 0) is 12.8 Å². The smallest absolute Gasteiger partial charge is 0.306 e. The van der Waals surface area contributed by atoms with Crippen LogP contribution in [0.2, 0.25) is 0 Å². The van der Waals surface area contributed by atoms with Crippen LogP contribution in [0.25, 0.3) is 11.3 Å². The highest BCUT2D eigenvalue weighted by atomic mass is 32.1. The molecule has 2 rings (SSSR count). The van der Waals surface area contributed by atoms with Gasteiger partial charge in [-0.1, -0.05) is 43.7 Å². The molecule has 1 amide bonds. The highest BCUT2D eigenvalue weighted by Crippen LogP contribution is 2.25. The maximum absolute atomic E-state index is 12.0. The fourth-order valence-corrected chi connectivity index (χ4v) is 3.04. The first-order chi connectivity index (χ1) is 11.1. The van der Waals surface area contributed by atoms with E-state index in [1.165, 1.54) is 11.3 Å². The first-order valence-corrected chi connectivity index (χ1v) is 8.51. The standard InChI is InChI=1S/C17H20N2O3S/c1-2-6-13(16(21)22)9-10-15(20)19-17-18-14(11-23-17)12-7-4-3-5-8-12/h3-5,7-8,11,13H,2,6,9-10H2,1H3,(H,21,22)(H,18,19,20). The van der Waals surface area contributed by atoms with Gasteiger partial charge in [0.15, 0.2) is 5.13 Å². The summed E-state index contributed by atoms with van der Waals surface area (Å²) in [5.74, 6) is -1.48. The summed E-state index contributed by atoms with van der Waals surface area (Å²) in [7, 11) is 0. The van der Waals surface area contributed by atoms with E-state index in [9.17, 15) is 9.59 Å². The number of amides is 1. The van der Waals surface area contributed by atoms with E-state index in [0.717, 1.165) is 17.7 Å². The van der Waals surface area contributed by atoms with Crippen molar-refractivity contribution >= 4 is 28.3 Å². The second kappa shape index (κ2) is 8.43. The lowest BCUT2D eigenvalue weighted by atomic mass is 9.98. The molecule has 122 valence electrons. The highest BCUT2D eigenvalue weighted by molar-refractivity contribution is 7.14. The lowest BCUT2D eigenvalue weighted by molar-refractivity contribution is -0.142. The molecular weight excluding hydrogens is 312 g/mol. The molecule has 1 aromatic carbocycles. The number of benzene rings is 1. The van der Waals surface area contributed by atoms with E-state index in [4.69, 9.17) is 5.11 Å². The minimum absolute atomic E-state index is 0.192. The highest BCUT2D eigenvalue weighted by Gasteiger charge is 2.18. The van der Waals surface area contributed by atoms with Gasteiger partial charge < -0.3 is 10.4 Å². The van der Waals surface area contributed by atoms with E-state index >= 15 is 0 Å². The topological polar surface area (TPSA) is 79.3 Å². The van der Waals surface area contributed by atoms with E-state index in [1.54, 1.807) is 0 Å². The number of aromatic nitrogens is 1. The van der Waals surface area contributed by atoms with Crippen molar-refractivity contribution in [3.63, 3.8) is 0 Å². The van der Waals surface area contributed by atoms with Crippen LogP contribution < -0.4 is 5.32 Å². The molecule has 1 unspecified atom stereocenters. The van der Waals surface area contributed by atoms with Gasteiger partial charge in [0.2, 0.25) is 5.91 Å². The molecule has 0 saturated heterocycles. The molecule has 0 radical (unpaired) electrons. The minimum Gasteiger partial charge on any atom is -0.481 e. The van der Waals surface area contributed by atoms with Crippen molar-refractivity contribution in [3.8, 4) is 11.3 Å². The molecule has 23 heavy (non-hydrogen) atoms. The van der Waals surface area contributed by atoms with Gasteiger partial charge in [0.25, 0.3) is 0 Å². The molecule has 1 heterocycles. The van der Waals surface area contributed by atoms with Crippen LogP contribution in [-0.4, -0.2) is 22.0 Å². The van der Waals surface area contributed by atoms with Crippen molar-refractivity contribution in [1.29, 1.82) is 0 Å². The van der Waals surface area contributed by atoms with Gasteiger partial charge in [0.05, 0.1) is 11.6 Å². The summed E-state index contributed by atoms with van der Waals surface area (Å²) in [6.07, 6.45) is 1.94. The number of hydrogen-bond acceptors (Lipinski definition) is 4. The minimum atomic E-state index is -0.833. The maximum Gasteiger partial charge on any atom is 0.306 e. The van der Waals surface area contributed by atoms with Crippen LogP contribution >= 0.6 is 11.3 Å². The molecule has 0 aliphatic carbocycles. The van der Waals surface area contributed by atoms with Crippen molar-refractivity contribution in [3.05, 3.63) is 35.7 Å². The Morgan fingerprint density at radius 2 is 2.00 bits per heavy atom. The van der Waals surface area contributed by atoms with Crippen LogP contribution in [0.15, 0.2) is 35.7 Å². The summed E-state index contributed by atoms with van der Waals surface area (Å²) in [4.78, 5) is 27.4. The molecule has 2 aromatic rings. The third kappa shape index (κ3) is 5.17. The van der Waals surface area contributed by atoms with E-state index in [2.05, 4.69) is 10.3 Å². The molecule has 0 saturated carbocycles. The summed E-state index contributed by atoms with van der Waals surface area (Å²) < 4.78 is 0. The number of aliphatic carboxylic acids is 1. The predicted octanol–water partition coefficient (Wildman–Crippen LogP) is 4.03. The van der Waals surface area contributed by atoms with E-state index in [-0.39, 0.29) is 12.3 Å². The number of carboxylic acid groups (broad SMARTS) is 1. The lowest BCUT2D eigenvalue weighted by Crippen LogP contribution is -2.18. The van der Waals surface area contributed by atoms with Gasteiger partial charge in [0, 0.05) is 17.4 Å². The van der Waals surface area contributed by atoms with Crippen LogP contribution in [0.3, 0.4) is 0 Å². The largest absolute Gasteiger partial charge is 0.481 e. The third-order valence-corrected chi connectivity index (χ3v) is 4.28. The van der Waals surface area contributed by atoms with Crippen molar-refractivity contribution in [2.75, 3.05) is 5.32 Å². The number of carbonyl (C=O) groups excluding carboxylic acids is 1. The van der Waals surface area contributed by atoms with E-state index in [1.807, 2.05) is 42.6 Å². The Labute approximate surface area is 139 Å². The summed E-state index contributed by atoms with van der Waals surface area (Å²) in [6, 6.07) is 9.73. The Morgan fingerprint density at radius 3 is 2.65 bits per heavy atom. The van der Waals surface area contributed by atoms with Crippen LogP contribution in [0.1, 0.15) is 32.6 Å². The number of carbonyl (C=O) groups is 2. The fraction of sp³-hybridized carbons (Fsp3) is 0.353. The predicted molar refractivity (Wildman–Crippen MR) is 91.4 cm³/mol. The summed E-state index contributed by atoms with van der Waals surface area (Å²) in [5.41, 5.74) is 1.82. The number of nitrogens with one attached hydrogen (secondary N) is 1. The second-order valence-corrected chi connectivity index (χ2v) is 6.17. The molecule has 0 spiro atoms. The second-order valence-electron chi connectivity index (χ2n) is 5.31. The maximum atomic E-state index is 12.0. The molecule has 0 bridgehead atoms. The molecule has 5 nitrogen and oxygen atoms in total. The Bertz CT molecular complexity index is 655. The van der Waals surface area contributed by atoms with Crippen molar-refractivity contribution in [1.82, 2.24) is 4.98 Å². The SMILES string of the molecule is CCCC(CCC(=O)Nc1nc(-c2ccccc2)cs1)C(=O)O. The molecule has 6 heteroatoms. The van der Waals surface area contributed by atoms with Crippen molar-refractivity contribution in [2.45, 2.75) is 32.6 Å². The molecule has 0 aliphatic rings. The quantitative estimate of drug-likeness (QED) is 0.765. The van der Waals surface area contributed by atoms with E-state index < -0.39 is 11.9 Å². The number of anilines is 1. The molecule has 1 aromatic heterocycles. The van der Waals surface area contributed by atoms with E-state index in [0.29, 0.717) is 18.0 Å². The zero-order valence-electron chi connectivity index (χ0n) is 13.0. The first-order valence-electron chi connectivity index (χ1n) is 7.63. The van der Waals surface area contributed by atoms with Crippen LogP contribution in [0.5, 0.6) is 0 Å². The van der Waals surface area contributed by atoms with Gasteiger partial charge in [-0.2, -0.15) is 0 Å². The molecule has 0 fully saturated rings. The van der Waals surface area contributed by atoms with Gasteiger partial charge >= 0.3 is 5.97 Å². The average Bonchev–Trinajstić information content (AvgIpc) is 3.00. The Morgan fingerprint density at radius 1 is 1.26 bits per heavy atom. The summed E-state index contributed by atoms with van der Waals surface area (Å²) in [5, 5.41) is 14.3. The Balaban J connectivity index is 1.88. The van der Waals surface area contributed by atoms with Gasteiger partial charge in [-0.25, -0.2) is 4.98 Å². The fourth-order valence-electron chi connectivity index (χ4n) is 2.30. The van der Waals surface area contributed by atoms with Crippen molar-refractivity contribution < 1.29 is 14.7 Å².